The van der Waals surface area contributed by atoms with Crippen LogP contribution in [0.4, 0.5) is 0 Å². The van der Waals surface area contributed by atoms with Crippen LogP contribution in [0, 0.1) is 5.92 Å². The maximum atomic E-state index is 12.9. The molecule has 1 atom stereocenters. The largest absolute Gasteiger partial charge is 0.493 e. The predicted molar refractivity (Wildman–Crippen MR) is 110 cm³/mol. The number of allylic oxidation sites excluding steroid dienone is 2. The van der Waals surface area contributed by atoms with Gasteiger partial charge in [0, 0.05) is 24.6 Å². The minimum absolute atomic E-state index is 0.0108. The van der Waals surface area contributed by atoms with Crippen LogP contribution in [0.5, 0.6) is 11.5 Å². The molecule has 1 aliphatic carbocycles. The van der Waals surface area contributed by atoms with Gasteiger partial charge in [0.2, 0.25) is 0 Å². The molecule has 144 valence electrons. The molecule has 0 amide bonds. The van der Waals surface area contributed by atoms with Crippen molar-refractivity contribution in [2.75, 3.05) is 20.8 Å². The van der Waals surface area contributed by atoms with Gasteiger partial charge in [-0.1, -0.05) is 36.4 Å². The number of hydrogen-bond donors (Lipinski definition) is 0. The zero-order valence-corrected chi connectivity index (χ0v) is 16.4. The smallest absolute Gasteiger partial charge is 0.167 e. The number of rotatable bonds is 6. The maximum Gasteiger partial charge on any atom is 0.167 e. The Morgan fingerprint density at radius 1 is 1.07 bits per heavy atom. The molecule has 2 aromatic rings. The summed E-state index contributed by atoms with van der Waals surface area (Å²) in [7, 11) is 3.22. The summed E-state index contributed by atoms with van der Waals surface area (Å²) < 4.78 is 10.7. The lowest BCUT2D eigenvalue weighted by atomic mass is 9.94. The van der Waals surface area contributed by atoms with Crippen LogP contribution in [-0.4, -0.2) is 31.4 Å². The molecule has 2 aliphatic rings. The topological polar surface area (TPSA) is 38.8 Å². The molecule has 28 heavy (non-hydrogen) atoms. The fourth-order valence-electron chi connectivity index (χ4n) is 4.00. The van der Waals surface area contributed by atoms with Crippen LogP contribution in [0.1, 0.15) is 27.9 Å². The van der Waals surface area contributed by atoms with Crippen molar-refractivity contribution < 1.29 is 14.3 Å². The van der Waals surface area contributed by atoms with Crippen molar-refractivity contribution >= 4 is 5.78 Å². The number of benzene rings is 2. The Labute approximate surface area is 166 Å². The second-order valence-electron chi connectivity index (χ2n) is 7.34. The monoisotopic (exact) mass is 375 g/mol. The number of ketones is 1. The second-order valence-corrected chi connectivity index (χ2v) is 7.34. The van der Waals surface area contributed by atoms with E-state index in [0.29, 0.717) is 11.5 Å². The van der Waals surface area contributed by atoms with E-state index in [9.17, 15) is 4.79 Å². The van der Waals surface area contributed by atoms with E-state index in [1.165, 1.54) is 11.1 Å². The average Bonchev–Trinajstić information content (AvgIpc) is 3.03. The van der Waals surface area contributed by atoms with Crippen LogP contribution in [0.15, 0.2) is 66.4 Å². The molecule has 1 heterocycles. The molecule has 0 spiro atoms. The molecule has 0 saturated heterocycles. The summed E-state index contributed by atoms with van der Waals surface area (Å²) in [5.41, 5.74) is 4.36. The van der Waals surface area contributed by atoms with E-state index in [2.05, 4.69) is 47.5 Å². The molecule has 4 nitrogen and oxygen atoms in total. The summed E-state index contributed by atoms with van der Waals surface area (Å²) in [4.78, 5) is 15.2. The Kier molecular flexibility index (Phi) is 5.20. The van der Waals surface area contributed by atoms with Gasteiger partial charge in [-0.25, -0.2) is 0 Å². The van der Waals surface area contributed by atoms with Crippen LogP contribution >= 0.6 is 0 Å². The number of ether oxygens (including phenoxy) is 2. The van der Waals surface area contributed by atoms with Crippen molar-refractivity contribution in [3.8, 4) is 11.5 Å². The van der Waals surface area contributed by atoms with Crippen molar-refractivity contribution in [2.24, 2.45) is 5.92 Å². The highest BCUT2D eigenvalue weighted by Crippen LogP contribution is 2.38. The lowest BCUT2D eigenvalue weighted by Crippen LogP contribution is -2.20. The molecule has 0 saturated carbocycles. The highest BCUT2D eigenvalue weighted by molar-refractivity contribution is 6.03. The third kappa shape index (κ3) is 3.68. The van der Waals surface area contributed by atoms with Crippen molar-refractivity contribution in [3.05, 3.63) is 83.1 Å². The first kappa shape index (κ1) is 18.4. The van der Waals surface area contributed by atoms with Gasteiger partial charge in [-0.3, -0.25) is 4.79 Å². The van der Waals surface area contributed by atoms with E-state index in [1.807, 2.05) is 18.2 Å². The molecule has 0 aromatic heterocycles. The van der Waals surface area contributed by atoms with E-state index < -0.39 is 0 Å². The molecule has 0 bridgehead atoms. The zero-order valence-electron chi connectivity index (χ0n) is 16.4. The Balaban J connectivity index is 1.40. The van der Waals surface area contributed by atoms with Crippen molar-refractivity contribution in [1.82, 2.24) is 4.90 Å². The van der Waals surface area contributed by atoms with Crippen LogP contribution in [0.25, 0.3) is 0 Å². The van der Waals surface area contributed by atoms with Crippen LogP contribution in [0.2, 0.25) is 0 Å². The fraction of sp³-hybridized carbons (Fsp3) is 0.292. The highest BCUT2D eigenvalue weighted by Gasteiger charge is 2.32. The minimum Gasteiger partial charge on any atom is -0.493 e. The van der Waals surface area contributed by atoms with Gasteiger partial charge in [-0.15, -0.1) is 0 Å². The normalized spacial score (nSPS) is 18.1. The average molecular weight is 375 g/mol. The molecule has 1 unspecified atom stereocenters. The molecular formula is C24H25NO3. The van der Waals surface area contributed by atoms with Gasteiger partial charge in [-0.2, -0.15) is 0 Å². The molecule has 0 fully saturated rings. The molecular weight excluding hydrogens is 350 g/mol. The summed E-state index contributed by atoms with van der Waals surface area (Å²) in [6, 6.07) is 14.2. The first-order valence-corrected chi connectivity index (χ1v) is 9.62. The van der Waals surface area contributed by atoms with Gasteiger partial charge in [0.15, 0.2) is 17.3 Å². The predicted octanol–water partition coefficient (Wildman–Crippen LogP) is 4.40. The number of carbonyl (C=O) groups is 1. The second kappa shape index (κ2) is 7.93. The summed E-state index contributed by atoms with van der Waals surface area (Å²) in [6.07, 6.45) is 8.05. The lowest BCUT2D eigenvalue weighted by molar-refractivity contribution is 0.0936. The first-order valence-electron chi connectivity index (χ1n) is 9.62. The Morgan fingerprint density at radius 3 is 2.50 bits per heavy atom. The summed E-state index contributed by atoms with van der Waals surface area (Å²) in [5, 5.41) is 0. The van der Waals surface area contributed by atoms with Gasteiger partial charge < -0.3 is 14.4 Å². The van der Waals surface area contributed by atoms with E-state index in [4.69, 9.17) is 9.47 Å². The summed E-state index contributed by atoms with van der Waals surface area (Å²) >= 11 is 0. The molecule has 0 radical (unpaired) electrons. The highest BCUT2D eigenvalue weighted by atomic mass is 16.5. The summed E-state index contributed by atoms with van der Waals surface area (Å²) in [6.45, 7) is 1.77. The van der Waals surface area contributed by atoms with Gasteiger partial charge in [0.05, 0.1) is 14.2 Å². The van der Waals surface area contributed by atoms with Gasteiger partial charge in [0.1, 0.15) is 0 Å². The van der Waals surface area contributed by atoms with E-state index in [-0.39, 0.29) is 11.7 Å². The molecule has 4 heteroatoms. The Hall–Kier alpha value is -3.01. The van der Waals surface area contributed by atoms with Gasteiger partial charge in [0.25, 0.3) is 0 Å². The van der Waals surface area contributed by atoms with E-state index in [1.54, 1.807) is 14.2 Å². The molecule has 4 rings (SSSR count). The zero-order chi connectivity index (χ0) is 19.5. The number of fused-ring (bicyclic) bond motifs is 1. The third-order valence-corrected chi connectivity index (χ3v) is 5.51. The number of nitrogens with zero attached hydrogens (tertiary/aromatic N) is 1. The minimum atomic E-state index is -0.0108. The maximum absolute atomic E-state index is 12.9. The first-order chi connectivity index (χ1) is 13.7. The van der Waals surface area contributed by atoms with Crippen LogP contribution < -0.4 is 9.47 Å². The van der Waals surface area contributed by atoms with Gasteiger partial charge in [-0.05, 0) is 54.0 Å². The van der Waals surface area contributed by atoms with E-state index >= 15 is 0 Å². The van der Waals surface area contributed by atoms with Crippen molar-refractivity contribution in [1.29, 1.82) is 0 Å². The Bertz CT molecular complexity index is 930. The van der Waals surface area contributed by atoms with Crippen LogP contribution in [0.3, 0.4) is 0 Å². The molecule has 1 aliphatic heterocycles. The number of carbonyl (C=O) groups excluding carboxylic acids is 1. The quantitative estimate of drug-likeness (QED) is 0.750. The summed E-state index contributed by atoms with van der Waals surface area (Å²) in [5.74, 6) is 1.49. The lowest BCUT2D eigenvalue weighted by Gasteiger charge is -2.23. The van der Waals surface area contributed by atoms with E-state index in [0.717, 1.165) is 37.1 Å². The molecule has 2 aromatic carbocycles. The number of hydrogen-bond acceptors (Lipinski definition) is 4. The number of Topliss-reactive ketones (excluding diaryl/α,β-unsaturated/α-hetero) is 1. The van der Waals surface area contributed by atoms with Crippen molar-refractivity contribution in [2.45, 2.75) is 19.4 Å². The number of methoxy groups -OCH3 is 2. The van der Waals surface area contributed by atoms with Gasteiger partial charge >= 0.3 is 0 Å². The third-order valence-electron chi connectivity index (χ3n) is 5.51. The standard InChI is InChI=1S/C24H25NO3/c1-27-22-14-19-13-20(24(26)21(19)15-23(22)28-2)12-17-8-10-25(11-9-17)16-18-6-4-3-5-7-18/h3-10,14-15,20H,11-13,16H2,1-2H3. The van der Waals surface area contributed by atoms with Crippen LogP contribution in [-0.2, 0) is 13.0 Å². The fourth-order valence-corrected chi connectivity index (χ4v) is 4.00. The Morgan fingerprint density at radius 2 is 1.82 bits per heavy atom. The SMILES string of the molecule is COc1cc2c(cc1OC)C(=O)C(CC1=CCN(Cc3ccccc3)C=C1)C2. The van der Waals surface area contributed by atoms with Crippen molar-refractivity contribution in [3.63, 3.8) is 0 Å². The molecule has 0 N–H and O–H groups in total.